The van der Waals surface area contributed by atoms with Gasteiger partial charge in [-0.1, -0.05) is 0 Å². The summed E-state index contributed by atoms with van der Waals surface area (Å²) in [4.78, 5) is 15.5. The quantitative estimate of drug-likeness (QED) is 0.734. The van der Waals surface area contributed by atoms with E-state index in [2.05, 4.69) is 4.99 Å². The summed E-state index contributed by atoms with van der Waals surface area (Å²) in [7, 11) is 1.45. The summed E-state index contributed by atoms with van der Waals surface area (Å²) in [5, 5.41) is 9.46. The highest BCUT2D eigenvalue weighted by Crippen LogP contribution is 2.35. The van der Waals surface area contributed by atoms with Gasteiger partial charge in [-0.25, -0.2) is 0 Å². The Hall–Kier alpha value is -1.84. The molecular formula is C10H9NO3. The molecule has 14 heavy (non-hydrogen) atoms. The second-order valence-electron chi connectivity index (χ2n) is 2.98. The minimum atomic E-state index is -0.0343. The molecule has 4 heteroatoms. The van der Waals surface area contributed by atoms with Crippen molar-refractivity contribution in [3.05, 3.63) is 17.7 Å². The van der Waals surface area contributed by atoms with Gasteiger partial charge in [0.15, 0.2) is 17.3 Å². The molecule has 1 heterocycles. The third-order valence-corrected chi connectivity index (χ3v) is 2.10. The van der Waals surface area contributed by atoms with Crippen molar-refractivity contribution in [1.29, 1.82) is 0 Å². The van der Waals surface area contributed by atoms with Crippen molar-refractivity contribution in [3.63, 3.8) is 0 Å². The predicted octanol–water partition coefficient (Wildman–Crippen LogP) is 1.69. The van der Waals surface area contributed by atoms with Gasteiger partial charge in [0.05, 0.1) is 12.8 Å². The first-order valence-electron chi connectivity index (χ1n) is 4.19. The van der Waals surface area contributed by atoms with Gasteiger partial charge >= 0.3 is 0 Å². The van der Waals surface area contributed by atoms with Crippen molar-refractivity contribution in [2.75, 3.05) is 7.11 Å². The van der Waals surface area contributed by atoms with Crippen LogP contribution in [-0.2, 0) is 0 Å². The van der Waals surface area contributed by atoms with Crippen molar-refractivity contribution < 1.29 is 14.6 Å². The second kappa shape index (κ2) is 3.14. The molecule has 0 aromatic heterocycles. The highest BCUT2D eigenvalue weighted by molar-refractivity contribution is 6.10. The van der Waals surface area contributed by atoms with Crippen LogP contribution in [0.15, 0.2) is 17.1 Å². The molecule has 0 bridgehead atoms. The number of carbonyl (C=O) groups excluding carboxylic acids is 1. The molecule has 1 aliphatic heterocycles. The highest BCUT2D eigenvalue weighted by atomic mass is 16.5. The van der Waals surface area contributed by atoms with Crippen molar-refractivity contribution in [1.82, 2.24) is 0 Å². The zero-order chi connectivity index (χ0) is 10.1. The van der Waals surface area contributed by atoms with Gasteiger partial charge in [0.2, 0.25) is 0 Å². The first-order valence-corrected chi connectivity index (χ1v) is 4.19. The number of aromatic hydroxyl groups is 1. The van der Waals surface area contributed by atoms with Gasteiger partial charge in [-0.3, -0.25) is 9.79 Å². The number of phenols is 1. The molecule has 1 aromatic carbocycles. The lowest BCUT2D eigenvalue weighted by atomic mass is 10.0. The normalized spacial score (nSPS) is 13.9. The standard InChI is InChI=1S/C10H9NO3/c1-14-10-5-7-6(4-9(10)13)8(12)2-3-11-7/h3-5,13H,2H2,1H3. The lowest BCUT2D eigenvalue weighted by molar-refractivity contribution is 0.100. The summed E-state index contributed by atoms with van der Waals surface area (Å²) in [6.07, 6.45) is 1.85. The van der Waals surface area contributed by atoms with Crippen LogP contribution in [0.5, 0.6) is 11.5 Å². The molecule has 0 saturated heterocycles. The van der Waals surface area contributed by atoms with Gasteiger partial charge in [0.1, 0.15) is 0 Å². The van der Waals surface area contributed by atoms with Crippen LogP contribution in [0.2, 0.25) is 0 Å². The molecule has 1 aliphatic rings. The number of fused-ring (bicyclic) bond motifs is 1. The first kappa shape index (κ1) is 8.74. The van der Waals surface area contributed by atoms with Gasteiger partial charge < -0.3 is 9.84 Å². The third kappa shape index (κ3) is 1.25. The lowest BCUT2D eigenvalue weighted by Crippen LogP contribution is -2.04. The van der Waals surface area contributed by atoms with E-state index in [4.69, 9.17) is 4.74 Å². The van der Waals surface area contributed by atoms with Crippen LogP contribution in [0.4, 0.5) is 5.69 Å². The van der Waals surface area contributed by atoms with Crippen LogP contribution in [0, 0.1) is 0 Å². The Labute approximate surface area is 80.8 Å². The molecule has 4 nitrogen and oxygen atoms in total. The fraction of sp³-hybridized carbons (Fsp3) is 0.200. The number of hydrogen-bond donors (Lipinski definition) is 1. The second-order valence-corrected chi connectivity index (χ2v) is 2.98. The molecule has 1 N–H and O–H groups in total. The molecule has 0 saturated carbocycles. The van der Waals surface area contributed by atoms with E-state index < -0.39 is 0 Å². The number of hydrogen-bond acceptors (Lipinski definition) is 4. The van der Waals surface area contributed by atoms with Crippen LogP contribution >= 0.6 is 0 Å². The van der Waals surface area contributed by atoms with E-state index in [1.165, 1.54) is 13.2 Å². The number of ether oxygens (including phenoxy) is 1. The molecule has 0 amide bonds. The average Bonchev–Trinajstić information content (AvgIpc) is 2.19. The van der Waals surface area contributed by atoms with E-state index in [1.807, 2.05) is 0 Å². The number of ketones is 1. The maximum atomic E-state index is 11.4. The van der Waals surface area contributed by atoms with Gasteiger partial charge in [0.25, 0.3) is 0 Å². The van der Waals surface area contributed by atoms with Crippen molar-refractivity contribution in [2.45, 2.75) is 6.42 Å². The molecule has 0 atom stereocenters. The van der Waals surface area contributed by atoms with Gasteiger partial charge in [0, 0.05) is 24.3 Å². The van der Waals surface area contributed by atoms with Crippen LogP contribution < -0.4 is 4.74 Å². The largest absolute Gasteiger partial charge is 0.504 e. The predicted molar refractivity (Wildman–Crippen MR) is 51.8 cm³/mol. The maximum Gasteiger partial charge on any atom is 0.170 e. The Morgan fingerprint density at radius 3 is 3.00 bits per heavy atom. The number of benzene rings is 1. The van der Waals surface area contributed by atoms with Crippen molar-refractivity contribution in [3.8, 4) is 11.5 Å². The Morgan fingerprint density at radius 1 is 1.50 bits per heavy atom. The summed E-state index contributed by atoms with van der Waals surface area (Å²) < 4.78 is 4.91. The van der Waals surface area contributed by atoms with E-state index in [0.717, 1.165) is 0 Å². The number of carbonyl (C=O) groups is 1. The summed E-state index contributed by atoms with van der Waals surface area (Å²) in [6, 6.07) is 2.95. The summed E-state index contributed by atoms with van der Waals surface area (Å²) in [5.41, 5.74) is 1.00. The molecule has 72 valence electrons. The third-order valence-electron chi connectivity index (χ3n) is 2.10. The SMILES string of the molecule is COc1cc2c(cc1O)C(=O)CC=N2. The summed E-state index contributed by atoms with van der Waals surface area (Å²) in [5.74, 6) is 0.264. The van der Waals surface area contributed by atoms with Crippen molar-refractivity contribution >= 4 is 17.7 Å². The molecular weight excluding hydrogens is 182 g/mol. The van der Waals surface area contributed by atoms with Crippen molar-refractivity contribution in [2.24, 2.45) is 4.99 Å². The summed E-state index contributed by atoms with van der Waals surface area (Å²) >= 11 is 0. The molecule has 0 aliphatic carbocycles. The van der Waals surface area contributed by atoms with Crippen LogP contribution in [0.1, 0.15) is 16.8 Å². The Kier molecular flexibility index (Phi) is 1.96. The fourth-order valence-corrected chi connectivity index (χ4v) is 1.39. The van der Waals surface area contributed by atoms with Gasteiger partial charge in [-0.15, -0.1) is 0 Å². The van der Waals surface area contributed by atoms with Crippen LogP contribution in [0.3, 0.4) is 0 Å². The van der Waals surface area contributed by atoms with E-state index in [1.54, 1.807) is 12.3 Å². The minimum Gasteiger partial charge on any atom is -0.504 e. The Morgan fingerprint density at radius 2 is 2.29 bits per heavy atom. The topological polar surface area (TPSA) is 58.9 Å². The van der Waals surface area contributed by atoms with Gasteiger partial charge in [-0.05, 0) is 6.07 Å². The summed E-state index contributed by atoms with van der Waals surface area (Å²) in [6.45, 7) is 0. The number of Topliss-reactive ketones (excluding diaryl/α,β-unsaturated/α-hetero) is 1. The fourth-order valence-electron chi connectivity index (χ4n) is 1.39. The molecule has 0 spiro atoms. The van der Waals surface area contributed by atoms with Crippen LogP contribution in [-0.4, -0.2) is 24.2 Å². The number of aliphatic imine (C=N–C) groups is 1. The molecule has 0 radical (unpaired) electrons. The highest BCUT2D eigenvalue weighted by Gasteiger charge is 2.17. The smallest absolute Gasteiger partial charge is 0.170 e. The molecule has 2 rings (SSSR count). The number of phenolic OH excluding ortho intramolecular Hbond substituents is 1. The zero-order valence-electron chi connectivity index (χ0n) is 7.65. The van der Waals surface area contributed by atoms with E-state index in [-0.39, 0.29) is 11.5 Å². The van der Waals surface area contributed by atoms with Gasteiger partial charge in [-0.2, -0.15) is 0 Å². The van der Waals surface area contributed by atoms with E-state index in [9.17, 15) is 9.90 Å². The minimum absolute atomic E-state index is 0.0308. The number of rotatable bonds is 1. The lowest BCUT2D eigenvalue weighted by Gasteiger charge is -2.11. The Balaban J connectivity index is 2.61. The maximum absolute atomic E-state index is 11.4. The molecule has 0 fully saturated rings. The number of methoxy groups -OCH3 is 1. The number of nitrogens with zero attached hydrogens (tertiary/aromatic N) is 1. The van der Waals surface area contributed by atoms with Crippen LogP contribution in [0.25, 0.3) is 0 Å². The Bertz CT molecular complexity index is 424. The van der Waals surface area contributed by atoms with E-state index >= 15 is 0 Å². The average molecular weight is 191 g/mol. The van der Waals surface area contributed by atoms with E-state index in [0.29, 0.717) is 23.4 Å². The monoisotopic (exact) mass is 191 g/mol. The molecule has 0 unspecified atom stereocenters. The molecule has 1 aromatic rings. The zero-order valence-corrected chi connectivity index (χ0v) is 7.65. The first-order chi connectivity index (χ1) is 6.72.